The summed E-state index contributed by atoms with van der Waals surface area (Å²) in [7, 11) is 0. The van der Waals surface area contributed by atoms with E-state index in [1.807, 2.05) is 0 Å². The van der Waals surface area contributed by atoms with Crippen LogP contribution in [0.25, 0.3) is 0 Å². The summed E-state index contributed by atoms with van der Waals surface area (Å²) in [4.78, 5) is 13.3. The summed E-state index contributed by atoms with van der Waals surface area (Å²) in [5.41, 5.74) is 8.97. The minimum absolute atomic E-state index is 0.0306. The second-order valence-corrected chi connectivity index (χ2v) is 6.03. The quantitative estimate of drug-likeness (QED) is 0.863. The van der Waals surface area contributed by atoms with Crippen molar-refractivity contribution in [2.75, 3.05) is 26.2 Å². The highest BCUT2D eigenvalue weighted by molar-refractivity contribution is 5.72. The Bertz CT molecular complexity index is 458. The minimum Gasteiger partial charge on any atom is -0.355 e. The van der Waals surface area contributed by atoms with E-state index in [-0.39, 0.29) is 11.9 Å². The van der Waals surface area contributed by atoms with Crippen LogP contribution in [0.4, 0.5) is 0 Å². The van der Waals surface area contributed by atoms with Gasteiger partial charge in [-0.1, -0.05) is 31.2 Å². The van der Waals surface area contributed by atoms with Crippen LogP contribution in [-0.4, -0.2) is 43.0 Å². The second kappa shape index (κ2) is 7.57. The van der Waals surface area contributed by atoms with Crippen molar-refractivity contribution in [2.45, 2.75) is 38.6 Å². The van der Waals surface area contributed by atoms with E-state index in [4.69, 9.17) is 5.73 Å². The number of carbonyl (C=O) groups excluding carboxylic acids is 1. The summed E-state index contributed by atoms with van der Waals surface area (Å²) in [6.45, 7) is 7.25. The number of rotatable bonds is 5. The summed E-state index contributed by atoms with van der Waals surface area (Å²) in [6, 6.07) is 9.14. The van der Waals surface area contributed by atoms with Crippen molar-refractivity contribution in [3.63, 3.8) is 0 Å². The first-order chi connectivity index (χ1) is 10.1. The first-order valence-corrected chi connectivity index (χ1v) is 7.89. The number of carbonyl (C=O) groups is 1. The highest BCUT2D eigenvalue weighted by Gasteiger charge is 2.25. The average molecular weight is 289 g/mol. The second-order valence-electron chi connectivity index (χ2n) is 6.03. The molecule has 0 bridgehead atoms. The van der Waals surface area contributed by atoms with Crippen molar-refractivity contribution in [2.24, 2.45) is 5.73 Å². The Labute approximate surface area is 127 Å². The van der Waals surface area contributed by atoms with Crippen molar-refractivity contribution < 1.29 is 4.79 Å². The SMILES string of the molecule is CCc1ccc(C2CC(N)CN(CCNC(C)=O)C2)cc1. The van der Waals surface area contributed by atoms with E-state index in [0.717, 1.165) is 32.5 Å². The number of hydrogen-bond donors (Lipinski definition) is 2. The third-order valence-electron chi connectivity index (χ3n) is 4.22. The Morgan fingerprint density at radius 1 is 1.33 bits per heavy atom. The molecule has 2 unspecified atom stereocenters. The molecule has 4 nitrogen and oxygen atoms in total. The lowest BCUT2D eigenvalue weighted by Crippen LogP contribution is -2.48. The number of likely N-dealkylation sites (tertiary alicyclic amines) is 1. The molecule has 1 heterocycles. The molecule has 0 aliphatic carbocycles. The Kier molecular flexibility index (Phi) is 5.76. The predicted octanol–water partition coefficient (Wildman–Crippen LogP) is 1.50. The fourth-order valence-corrected chi connectivity index (χ4v) is 3.07. The van der Waals surface area contributed by atoms with E-state index in [9.17, 15) is 4.79 Å². The topological polar surface area (TPSA) is 58.4 Å². The first kappa shape index (κ1) is 16.0. The lowest BCUT2D eigenvalue weighted by Gasteiger charge is -2.36. The van der Waals surface area contributed by atoms with Gasteiger partial charge in [-0.3, -0.25) is 9.69 Å². The van der Waals surface area contributed by atoms with Crippen LogP contribution in [0.2, 0.25) is 0 Å². The van der Waals surface area contributed by atoms with Gasteiger partial charge in [0.05, 0.1) is 0 Å². The van der Waals surface area contributed by atoms with Crippen LogP contribution >= 0.6 is 0 Å². The number of nitrogens with two attached hydrogens (primary N) is 1. The van der Waals surface area contributed by atoms with Crippen molar-refractivity contribution >= 4 is 5.91 Å². The Hall–Kier alpha value is -1.39. The molecule has 2 atom stereocenters. The van der Waals surface area contributed by atoms with Crippen molar-refractivity contribution in [3.05, 3.63) is 35.4 Å². The molecule has 2 rings (SSSR count). The maximum Gasteiger partial charge on any atom is 0.216 e. The first-order valence-electron chi connectivity index (χ1n) is 7.89. The molecule has 1 fully saturated rings. The molecule has 0 spiro atoms. The van der Waals surface area contributed by atoms with Gasteiger partial charge in [-0.15, -0.1) is 0 Å². The molecule has 0 aromatic heterocycles. The highest BCUT2D eigenvalue weighted by Crippen LogP contribution is 2.26. The molecular formula is C17H27N3O. The van der Waals surface area contributed by atoms with Crippen molar-refractivity contribution in [3.8, 4) is 0 Å². The van der Waals surface area contributed by atoms with Gasteiger partial charge in [-0.25, -0.2) is 0 Å². The van der Waals surface area contributed by atoms with Gasteiger partial charge in [0, 0.05) is 39.1 Å². The zero-order valence-corrected chi connectivity index (χ0v) is 13.1. The molecule has 3 N–H and O–H groups in total. The summed E-state index contributed by atoms with van der Waals surface area (Å²) in [6.07, 6.45) is 2.12. The standard InChI is InChI=1S/C17H27N3O/c1-3-14-4-6-15(7-5-14)16-10-17(18)12-20(11-16)9-8-19-13(2)21/h4-7,16-17H,3,8-12,18H2,1-2H3,(H,19,21). The normalized spacial score (nSPS) is 23.0. The molecule has 21 heavy (non-hydrogen) atoms. The van der Waals surface area contributed by atoms with Gasteiger partial charge in [0.15, 0.2) is 0 Å². The van der Waals surface area contributed by atoms with Crippen molar-refractivity contribution in [1.29, 1.82) is 0 Å². The van der Waals surface area contributed by atoms with E-state index in [1.54, 1.807) is 6.92 Å². The molecule has 1 aromatic rings. The maximum absolute atomic E-state index is 10.9. The maximum atomic E-state index is 10.9. The van der Waals surface area contributed by atoms with Gasteiger partial charge in [-0.05, 0) is 29.9 Å². The van der Waals surface area contributed by atoms with Gasteiger partial charge in [-0.2, -0.15) is 0 Å². The van der Waals surface area contributed by atoms with E-state index in [0.29, 0.717) is 12.5 Å². The van der Waals surface area contributed by atoms with E-state index < -0.39 is 0 Å². The van der Waals surface area contributed by atoms with Gasteiger partial charge in [0.25, 0.3) is 0 Å². The molecule has 4 heteroatoms. The predicted molar refractivity (Wildman–Crippen MR) is 86.3 cm³/mol. The average Bonchev–Trinajstić information content (AvgIpc) is 2.46. The molecular weight excluding hydrogens is 262 g/mol. The fraction of sp³-hybridized carbons (Fsp3) is 0.588. The van der Waals surface area contributed by atoms with E-state index >= 15 is 0 Å². The number of aryl methyl sites for hydroxylation is 1. The number of nitrogens with zero attached hydrogens (tertiary/aromatic N) is 1. The summed E-state index contributed by atoms with van der Waals surface area (Å²) >= 11 is 0. The van der Waals surface area contributed by atoms with Crippen molar-refractivity contribution in [1.82, 2.24) is 10.2 Å². The Morgan fingerprint density at radius 2 is 2.05 bits per heavy atom. The molecule has 0 radical (unpaired) electrons. The Balaban J connectivity index is 1.94. The highest BCUT2D eigenvalue weighted by atomic mass is 16.1. The molecule has 1 amide bonds. The van der Waals surface area contributed by atoms with Crippen LogP contribution in [0.3, 0.4) is 0 Å². The fourth-order valence-electron chi connectivity index (χ4n) is 3.07. The largest absolute Gasteiger partial charge is 0.355 e. The van der Waals surface area contributed by atoms with Crippen LogP contribution in [-0.2, 0) is 11.2 Å². The number of hydrogen-bond acceptors (Lipinski definition) is 3. The third kappa shape index (κ3) is 4.83. The van der Waals surface area contributed by atoms with Gasteiger partial charge < -0.3 is 11.1 Å². The number of amides is 1. The lowest BCUT2D eigenvalue weighted by atomic mass is 9.88. The number of nitrogens with one attached hydrogen (secondary N) is 1. The molecule has 1 aromatic carbocycles. The summed E-state index contributed by atoms with van der Waals surface area (Å²) < 4.78 is 0. The lowest BCUT2D eigenvalue weighted by molar-refractivity contribution is -0.119. The molecule has 1 saturated heterocycles. The van der Waals surface area contributed by atoms with E-state index in [2.05, 4.69) is 41.4 Å². The van der Waals surface area contributed by atoms with Gasteiger partial charge >= 0.3 is 0 Å². The zero-order chi connectivity index (χ0) is 15.2. The monoisotopic (exact) mass is 289 g/mol. The molecule has 1 aliphatic rings. The molecule has 116 valence electrons. The zero-order valence-electron chi connectivity index (χ0n) is 13.1. The summed E-state index contributed by atoms with van der Waals surface area (Å²) in [5.74, 6) is 0.528. The van der Waals surface area contributed by atoms with Crippen LogP contribution in [0, 0.1) is 0 Å². The van der Waals surface area contributed by atoms with E-state index in [1.165, 1.54) is 11.1 Å². The number of benzene rings is 1. The number of piperidine rings is 1. The smallest absolute Gasteiger partial charge is 0.216 e. The van der Waals surface area contributed by atoms with Crippen LogP contribution in [0.1, 0.15) is 37.3 Å². The third-order valence-corrected chi connectivity index (χ3v) is 4.22. The minimum atomic E-state index is 0.0306. The van der Waals surface area contributed by atoms with Gasteiger partial charge in [0.1, 0.15) is 0 Å². The molecule has 1 aliphatic heterocycles. The van der Waals surface area contributed by atoms with Crippen LogP contribution in [0.15, 0.2) is 24.3 Å². The Morgan fingerprint density at radius 3 is 2.67 bits per heavy atom. The van der Waals surface area contributed by atoms with Crippen LogP contribution < -0.4 is 11.1 Å². The van der Waals surface area contributed by atoms with Gasteiger partial charge in [0.2, 0.25) is 5.91 Å². The molecule has 0 saturated carbocycles. The summed E-state index contributed by atoms with van der Waals surface area (Å²) in [5, 5.41) is 2.86. The van der Waals surface area contributed by atoms with Crippen LogP contribution in [0.5, 0.6) is 0 Å².